The monoisotopic (exact) mass is 398 g/mol. The Hall–Kier alpha value is -2.31. The Morgan fingerprint density at radius 3 is 2.42 bits per heavy atom. The quantitative estimate of drug-likeness (QED) is 0.672. The van der Waals surface area contributed by atoms with Gasteiger partial charge < -0.3 is 24.8 Å². The minimum absolute atomic E-state index is 0.316. The molecule has 0 radical (unpaired) electrons. The number of anilines is 1. The summed E-state index contributed by atoms with van der Waals surface area (Å²) < 4.78 is 16.0. The minimum Gasteiger partial charge on any atom is -0.495 e. The van der Waals surface area contributed by atoms with E-state index in [9.17, 15) is 4.79 Å². The van der Waals surface area contributed by atoms with Gasteiger partial charge in [-0.25, -0.2) is 4.79 Å². The largest absolute Gasteiger partial charge is 0.495 e. The van der Waals surface area contributed by atoms with Crippen LogP contribution in [0.3, 0.4) is 0 Å². The number of halogens is 2. The zero-order valence-corrected chi connectivity index (χ0v) is 16.2. The van der Waals surface area contributed by atoms with Crippen LogP contribution >= 0.6 is 23.2 Å². The summed E-state index contributed by atoms with van der Waals surface area (Å²) in [5, 5.41) is 6.44. The van der Waals surface area contributed by atoms with E-state index in [0.29, 0.717) is 40.4 Å². The van der Waals surface area contributed by atoms with Crippen LogP contribution in [0, 0.1) is 6.92 Å². The van der Waals surface area contributed by atoms with Crippen molar-refractivity contribution in [2.24, 2.45) is 0 Å². The summed E-state index contributed by atoms with van der Waals surface area (Å²) >= 11 is 11.9. The van der Waals surface area contributed by atoms with Crippen LogP contribution in [-0.4, -0.2) is 33.4 Å². The SMILES string of the molecule is COc1cc(NC(=O)NCCOc2ccc(Cl)cc2C)c(OC)cc1Cl. The molecule has 26 heavy (non-hydrogen) atoms. The molecule has 0 saturated heterocycles. The van der Waals surface area contributed by atoms with Crippen LogP contribution in [0.4, 0.5) is 10.5 Å². The number of ether oxygens (including phenoxy) is 3. The van der Waals surface area contributed by atoms with E-state index in [1.165, 1.54) is 14.2 Å². The molecule has 0 spiro atoms. The van der Waals surface area contributed by atoms with Crippen molar-refractivity contribution in [3.05, 3.63) is 45.9 Å². The lowest BCUT2D eigenvalue weighted by molar-refractivity contribution is 0.247. The number of carbonyl (C=O) groups excluding carboxylic acids is 1. The van der Waals surface area contributed by atoms with Gasteiger partial charge in [0.2, 0.25) is 0 Å². The summed E-state index contributed by atoms with van der Waals surface area (Å²) in [7, 11) is 2.98. The van der Waals surface area contributed by atoms with E-state index in [0.717, 1.165) is 11.3 Å². The zero-order valence-electron chi connectivity index (χ0n) is 14.7. The molecule has 140 valence electrons. The van der Waals surface area contributed by atoms with Gasteiger partial charge in [0.25, 0.3) is 0 Å². The number of nitrogens with one attached hydrogen (secondary N) is 2. The van der Waals surface area contributed by atoms with E-state index < -0.39 is 6.03 Å². The maximum absolute atomic E-state index is 12.1. The Morgan fingerprint density at radius 2 is 1.77 bits per heavy atom. The molecule has 2 N–H and O–H groups in total. The Labute approximate surface area is 162 Å². The molecule has 0 aliphatic carbocycles. The van der Waals surface area contributed by atoms with Crippen molar-refractivity contribution in [1.29, 1.82) is 0 Å². The Morgan fingerprint density at radius 1 is 1.04 bits per heavy atom. The molecule has 0 aliphatic heterocycles. The number of carbonyl (C=O) groups is 1. The first-order valence-corrected chi connectivity index (χ1v) is 8.55. The molecule has 6 nitrogen and oxygen atoms in total. The van der Waals surface area contributed by atoms with Crippen LogP contribution in [0.5, 0.6) is 17.2 Å². The van der Waals surface area contributed by atoms with Gasteiger partial charge in [0.15, 0.2) is 0 Å². The number of benzene rings is 2. The van der Waals surface area contributed by atoms with Gasteiger partial charge in [-0.15, -0.1) is 0 Å². The van der Waals surface area contributed by atoms with Gasteiger partial charge in [0, 0.05) is 17.2 Å². The molecule has 0 bridgehead atoms. The van der Waals surface area contributed by atoms with E-state index in [1.54, 1.807) is 24.3 Å². The topological polar surface area (TPSA) is 68.8 Å². The zero-order chi connectivity index (χ0) is 19.1. The molecule has 0 saturated carbocycles. The molecular formula is C18H20Cl2N2O4. The molecule has 0 aliphatic rings. The molecule has 0 heterocycles. The number of hydrogen-bond donors (Lipinski definition) is 2. The number of urea groups is 1. The number of amides is 2. The maximum Gasteiger partial charge on any atom is 0.319 e. The Bertz CT molecular complexity index is 784. The molecular weight excluding hydrogens is 379 g/mol. The highest BCUT2D eigenvalue weighted by Gasteiger charge is 2.12. The van der Waals surface area contributed by atoms with Gasteiger partial charge >= 0.3 is 6.03 Å². The molecule has 2 aromatic rings. The number of rotatable bonds is 7. The molecule has 8 heteroatoms. The Balaban J connectivity index is 1.87. The first-order chi connectivity index (χ1) is 12.4. The normalized spacial score (nSPS) is 10.2. The van der Waals surface area contributed by atoms with Gasteiger partial charge in [-0.1, -0.05) is 23.2 Å². The van der Waals surface area contributed by atoms with E-state index in [1.807, 2.05) is 13.0 Å². The second-order valence-corrected chi connectivity index (χ2v) is 6.17. The number of hydrogen-bond acceptors (Lipinski definition) is 4. The summed E-state index contributed by atoms with van der Waals surface area (Å²) in [6.45, 7) is 2.54. The third kappa shape index (κ3) is 5.34. The maximum atomic E-state index is 12.1. The van der Waals surface area contributed by atoms with Crippen molar-refractivity contribution in [1.82, 2.24) is 5.32 Å². The van der Waals surface area contributed by atoms with Crippen molar-refractivity contribution in [3.8, 4) is 17.2 Å². The van der Waals surface area contributed by atoms with E-state index >= 15 is 0 Å². The van der Waals surface area contributed by atoms with Gasteiger partial charge in [0.1, 0.15) is 23.9 Å². The predicted octanol–water partition coefficient (Wildman–Crippen LogP) is 4.52. The smallest absolute Gasteiger partial charge is 0.319 e. The highest BCUT2D eigenvalue weighted by molar-refractivity contribution is 6.32. The fraction of sp³-hybridized carbons (Fsp3) is 0.278. The minimum atomic E-state index is -0.399. The van der Waals surface area contributed by atoms with Crippen molar-refractivity contribution in [2.45, 2.75) is 6.92 Å². The average Bonchev–Trinajstić information content (AvgIpc) is 2.61. The van der Waals surface area contributed by atoms with Crippen molar-refractivity contribution >= 4 is 34.9 Å². The molecule has 0 unspecified atom stereocenters. The van der Waals surface area contributed by atoms with Gasteiger partial charge in [-0.05, 0) is 30.7 Å². The van der Waals surface area contributed by atoms with E-state index in [4.69, 9.17) is 37.4 Å². The summed E-state index contributed by atoms with van der Waals surface area (Å²) in [5.41, 5.74) is 1.38. The fourth-order valence-corrected chi connectivity index (χ4v) is 2.68. The van der Waals surface area contributed by atoms with E-state index in [2.05, 4.69) is 10.6 Å². The summed E-state index contributed by atoms with van der Waals surface area (Å²) in [4.78, 5) is 12.1. The predicted molar refractivity (Wildman–Crippen MR) is 103 cm³/mol. The summed E-state index contributed by atoms with van der Waals surface area (Å²) in [6.07, 6.45) is 0. The lowest BCUT2D eigenvalue weighted by atomic mass is 10.2. The van der Waals surface area contributed by atoms with Crippen LogP contribution in [0.1, 0.15) is 5.56 Å². The molecule has 2 aromatic carbocycles. The van der Waals surface area contributed by atoms with Crippen LogP contribution < -0.4 is 24.8 Å². The molecule has 2 amide bonds. The van der Waals surface area contributed by atoms with Crippen LogP contribution in [0.15, 0.2) is 30.3 Å². The highest BCUT2D eigenvalue weighted by atomic mass is 35.5. The van der Waals surface area contributed by atoms with Crippen molar-refractivity contribution in [2.75, 3.05) is 32.7 Å². The summed E-state index contributed by atoms with van der Waals surface area (Å²) in [6, 6.07) is 8.13. The van der Waals surface area contributed by atoms with Gasteiger partial charge in [-0.2, -0.15) is 0 Å². The molecule has 0 fully saturated rings. The van der Waals surface area contributed by atoms with Crippen molar-refractivity contribution in [3.63, 3.8) is 0 Å². The molecule has 0 atom stereocenters. The lowest BCUT2D eigenvalue weighted by Crippen LogP contribution is -2.32. The molecule has 2 rings (SSSR count). The highest BCUT2D eigenvalue weighted by Crippen LogP contribution is 2.35. The number of methoxy groups -OCH3 is 2. The van der Waals surface area contributed by atoms with Gasteiger partial charge in [-0.3, -0.25) is 0 Å². The lowest BCUT2D eigenvalue weighted by Gasteiger charge is -2.14. The third-order valence-electron chi connectivity index (χ3n) is 3.50. The second-order valence-electron chi connectivity index (χ2n) is 5.33. The van der Waals surface area contributed by atoms with E-state index in [-0.39, 0.29) is 0 Å². The van der Waals surface area contributed by atoms with Gasteiger partial charge in [0.05, 0.1) is 31.5 Å². The van der Waals surface area contributed by atoms with Crippen LogP contribution in [-0.2, 0) is 0 Å². The van der Waals surface area contributed by atoms with Crippen molar-refractivity contribution < 1.29 is 19.0 Å². The second kappa shape index (κ2) is 9.40. The first kappa shape index (κ1) is 20.0. The van der Waals surface area contributed by atoms with Crippen LogP contribution in [0.2, 0.25) is 10.0 Å². The third-order valence-corrected chi connectivity index (χ3v) is 4.03. The standard InChI is InChI=1S/C18H20Cl2N2O4/c1-11-8-12(19)4-5-15(11)26-7-6-21-18(23)22-14-10-16(24-2)13(20)9-17(14)25-3/h4-5,8-10H,6-7H2,1-3H3,(H2,21,22,23). The van der Waals surface area contributed by atoms with Crippen LogP contribution in [0.25, 0.3) is 0 Å². The first-order valence-electron chi connectivity index (χ1n) is 7.80. The number of aryl methyl sites for hydroxylation is 1. The average molecular weight is 399 g/mol. The molecule has 0 aromatic heterocycles. The fourth-order valence-electron chi connectivity index (χ4n) is 2.22. The Kier molecular flexibility index (Phi) is 7.24. The summed E-state index contributed by atoms with van der Waals surface area (Å²) in [5.74, 6) is 1.59.